The third kappa shape index (κ3) is 3.65. The first-order chi connectivity index (χ1) is 8.56. The van der Waals surface area contributed by atoms with Gasteiger partial charge in [-0.25, -0.2) is 4.39 Å². The number of benzene rings is 2. The van der Waals surface area contributed by atoms with Gasteiger partial charge in [-0.2, -0.15) is 0 Å². The predicted molar refractivity (Wildman–Crippen MR) is 83.6 cm³/mol. The predicted octanol–water partition coefficient (Wildman–Crippen LogP) is 6.03. The SMILES string of the molecule is Fc1cccc(CC(Br)c2cc(Br)ccc2Br)c1. The fourth-order valence-electron chi connectivity index (χ4n) is 1.74. The van der Waals surface area contributed by atoms with Crippen molar-refractivity contribution in [3.8, 4) is 0 Å². The molecule has 2 rings (SSSR count). The maximum atomic E-state index is 13.1. The molecule has 1 unspecified atom stereocenters. The molecule has 0 radical (unpaired) electrons. The maximum absolute atomic E-state index is 13.1. The molecular weight excluding hydrogens is 427 g/mol. The molecule has 94 valence electrons. The lowest BCUT2D eigenvalue weighted by atomic mass is 10.0. The van der Waals surface area contributed by atoms with E-state index in [1.165, 1.54) is 6.07 Å². The Balaban J connectivity index is 2.21. The first-order valence-corrected chi connectivity index (χ1v) is 7.90. The zero-order valence-electron chi connectivity index (χ0n) is 9.34. The first kappa shape index (κ1) is 14.2. The average Bonchev–Trinajstić information content (AvgIpc) is 2.32. The van der Waals surface area contributed by atoms with Crippen LogP contribution in [0.1, 0.15) is 16.0 Å². The van der Waals surface area contributed by atoms with E-state index in [-0.39, 0.29) is 10.6 Å². The Bertz CT molecular complexity index is 554. The summed E-state index contributed by atoms with van der Waals surface area (Å²) in [6.45, 7) is 0. The van der Waals surface area contributed by atoms with Gasteiger partial charge in [-0.3, -0.25) is 0 Å². The lowest BCUT2D eigenvalue weighted by Crippen LogP contribution is -1.97. The second kappa shape index (κ2) is 6.31. The molecule has 0 bridgehead atoms. The summed E-state index contributed by atoms with van der Waals surface area (Å²) < 4.78 is 15.2. The molecule has 1 atom stereocenters. The summed E-state index contributed by atoms with van der Waals surface area (Å²) in [7, 11) is 0. The van der Waals surface area contributed by atoms with Gasteiger partial charge in [-0.1, -0.05) is 59.9 Å². The van der Waals surface area contributed by atoms with Gasteiger partial charge in [-0.15, -0.1) is 0 Å². The van der Waals surface area contributed by atoms with E-state index >= 15 is 0 Å². The fraction of sp³-hybridized carbons (Fsp3) is 0.143. The number of rotatable bonds is 3. The van der Waals surface area contributed by atoms with E-state index in [4.69, 9.17) is 0 Å². The Hall–Kier alpha value is -0.190. The van der Waals surface area contributed by atoms with Crippen molar-refractivity contribution in [2.75, 3.05) is 0 Å². The van der Waals surface area contributed by atoms with Crippen LogP contribution in [-0.2, 0) is 6.42 Å². The van der Waals surface area contributed by atoms with Gasteiger partial charge < -0.3 is 0 Å². The van der Waals surface area contributed by atoms with Crippen LogP contribution in [0.4, 0.5) is 4.39 Å². The molecule has 0 heterocycles. The first-order valence-electron chi connectivity index (χ1n) is 5.40. The van der Waals surface area contributed by atoms with Crippen LogP contribution in [0.3, 0.4) is 0 Å². The van der Waals surface area contributed by atoms with E-state index in [9.17, 15) is 4.39 Å². The Labute approximate surface area is 131 Å². The molecule has 0 saturated heterocycles. The summed E-state index contributed by atoms with van der Waals surface area (Å²) in [4.78, 5) is 0.145. The van der Waals surface area contributed by atoms with Crippen LogP contribution >= 0.6 is 47.8 Å². The van der Waals surface area contributed by atoms with Crippen LogP contribution in [0.25, 0.3) is 0 Å². The zero-order valence-corrected chi connectivity index (χ0v) is 14.1. The third-order valence-electron chi connectivity index (χ3n) is 2.60. The van der Waals surface area contributed by atoms with Crippen molar-refractivity contribution >= 4 is 47.8 Å². The van der Waals surface area contributed by atoms with E-state index < -0.39 is 0 Å². The van der Waals surface area contributed by atoms with E-state index in [0.717, 1.165) is 26.5 Å². The van der Waals surface area contributed by atoms with Gasteiger partial charge in [0.15, 0.2) is 0 Å². The average molecular weight is 437 g/mol. The Kier molecular flexibility index (Phi) is 4.98. The normalized spacial score (nSPS) is 12.4. The number of hydrogen-bond donors (Lipinski definition) is 0. The Morgan fingerprint density at radius 3 is 2.56 bits per heavy atom. The highest BCUT2D eigenvalue weighted by molar-refractivity contribution is 9.11. The summed E-state index contributed by atoms with van der Waals surface area (Å²) in [6, 6.07) is 12.7. The fourth-order valence-corrected chi connectivity index (χ4v) is 3.70. The van der Waals surface area contributed by atoms with Crippen LogP contribution in [-0.4, -0.2) is 0 Å². The molecule has 0 aliphatic rings. The second-order valence-corrected chi connectivity index (χ2v) is 6.84. The summed E-state index contributed by atoms with van der Waals surface area (Å²) >= 11 is 10.7. The van der Waals surface area contributed by atoms with Crippen molar-refractivity contribution in [2.45, 2.75) is 11.2 Å². The minimum Gasteiger partial charge on any atom is -0.207 e. The van der Waals surface area contributed by atoms with Crippen molar-refractivity contribution < 1.29 is 4.39 Å². The van der Waals surface area contributed by atoms with Crippen LogP contribution in [0, 0.1) is 5.82 Å². The van der Waals surface area contributed by atoms with E-state index in [1.807, 2.05) is 18.2 Å². The highest BCUT2D eigenvalue weighted by atomic mass is 79.9. The number of alkyl halides is 1. The maximum Gasteiger partial charge on any atom is 0.123 e. The molecular formula is C14H10Br3F. The molecule has 0 spiro atoms. The molecule has 0 aliphatic carbocycles. The molecule has 0 aliphatic heterocycles. The number of halogens is 4. The molecule has 2 aromatic rings. The van der Waals surface area contributed by atoms with Gasteiger partial charge in [0.05, 0.1) is 0 Å². The van der Waals surface area contributed by atoms with Gasteiger partial charge in [0, 0.05) is 13.8 Å². The monoisotopic (exact) mass is 434 g/mol. The Morgan fingerprint density at radius 1 is 1.06 bits per heavy atom. The summed E-state index contributed by atoms with van der Waals surface area (Å²) in [5.74, 6) is -0.194. The van der Waals surface area contributed by atoms with Gasteiger partial charge in [-0.05, 0) is 47.9 Å². The molecule has 0 saturated carbocycles. The largest absolute Gasteiger partial charge is 0.207 e. The number of hydrogen-bond acceptors (Lipinski definition) is 0. The highest BCUT2D eigenvalue weighted by Crippen LogP contribution is 2.34. The Morgan fingerprint density at radius 2 is 1.83 bits per heavy atom. The molecule has 0 amide bonds. The van der Waals surface area contributed by atoms with Crippen molar-refractivity contribution in [1.29, 1.82) is 0 Å². The minimum absolute atomic E-state index is 0.145. The summed E-state index contributed by atoms with van der Waals surface area (Å²) in [6.07, 6.45) is 0.743. The van der Waals surface area contributed by atoms with Crippen molar-refractivity contribution in [3.05, 3.63) is 68.4 Å². The molecule has 0 fully saturated rings. The van der Waals surface area contributed by atoms with Crippen LogP contribution in [0.15, 0.2) is 51.4 Å². The van der Waals surface area contributed by atoms with Gasteiger partial charge >= 0.3 is 0 Å². The molecule has 4 heteroatoms. The molecule has 18 heavy (non-hydrogen) atoms. The summed E-state index contributed by atoms with van der Waals surface area (Å²) in [5, 5.41) is 0. The molecule has 0 aromatic heterocycles. The lowest BCUT2D eigenvalue weighted by molar-refractivity contribution is 0.625. The topological polar surface area (TPSA) is 0 Å². The smallest absolute Gasteiger partial charge is 0.123 e. The van der Waals surface area contributed by atoms with E-state index in [2.05, 4.69) is 53.9 Å². The molecule has 2 aromatic carbocycles. The zero-order chi connectivity index (χ0) is 13.1. The third-order valence-corrected chi connectivity index (χ3v) is 4.63. The quantitative estimate of drug-likeness (QED) is 0.515. The second-order valence-electron chi connectivity index (χ2n) is 3.97. The van der Waals surface area contributed by atoms with Crippen molar-refractivity contribution in [1.82, 2.24) is 0 Å². The van der Waals surface area contributed by atoms with Crippen LogP contribution < -0.4 is 0 Å². The van der Waals surface area contributed by atoms with Gasteiger partial charge in [0.25, 0.3) is 0 Å². The van der Waals surface area contributed by atoms with Crippen LogP contribution in [0.2, 0.25) is 0 Å². The van der Waals surface area contributed by atoms with Crippen molar-refractivity contribution in [3.63, 3.8) is 0 Å². The molecule has 0 nitrogen and oxygen atoms in total. The molecule has 0 N–H and O–H groups in total. The lowest BCUT2D eigenvalue weighted by Gasteiger charge is -2.13. The van der Waals surface area contributed by atoms with Crippen LogP contribution in [0.5, 0.6) is 0 Å². The minimum atomic E-state index is -0.194. The van der Waals surface area contributed by atoms with Gasteiger partial charge in [0.1, 0.15) is 5.82 Å². The standard InChI is InChI=1S/C14H10Br3F/c15-10-4-5-13(16)12(8-10)14(17)7-9-2-1-3-11(18)6-9/h1-6,8,14H,7H2. The van der Waals surface area contributed by atoms with E-state index in [0.29, 0.717) is 0 Å². The highest BCUT2D eigenvalue weighted by Gasteiger charge is 2.12. The van der Waals surface area contributed by atoms with Gasteiger partial charge in [0.2, 0.25) is 0 Å². The summed E-state index contributed by atoms with van der Waals surface area (Å²) in [5.41, 5.74) is 2.12. The van der Waals surface area contributed by atoms with Crippen molar-refractivity contribution in [2.24, 2.45) is 0 Å². The van der Waals surface area contributed by atoms with E-state index in [1.54, 1.807) is 12.1 Å².